The molecule has 8 heteroatoms. The molecular weight excluding hydrogens is 387 g/mol. The van der Waals surface area contributed by atoms with Gasteiger partial charge in [-0.25, -0.2) is 20.6 Å². The molecule has 3 aromatic carbocycles. The van der Waals surface area contributed by atoms with Crippen molar-refractivity contribution >= 4 is 17.5 Å². The van der Waals surface area contributed by atoms with Crippen LogP contribution in [0.5, 0.6) is 5.75 Å². The second kappa shape index (κ2) is 10.0. The number of amidine groups is 1. The van der Waals surface area contributed by atoms with Crippen molar-refractivity contribution in [3.05, 3.63) is 84.2 Å². The Morgan fingerprint density at radius 3 is 2.40 bits per heavy atom. The number of hydrogen-bond donors (Lipinski definition) is 3. The van der Waals surface area contributed by atoms with Crippen LogP contribution in [-0.4, -0.2) is 25.5 Å². The van der Waals surface area contributed by atoms with E-state index >= 15 is 0 Å². The van der Waals surface area contributed by atoms with Crippen LogP contribution in [0.15, 0.2) is 77.9 Å². The summed E-state index contributed by atoms with van der Waals surface area (Å²) >= 11 is 0. The number of nitrogens with two attached hydrogens (primary N) is 1. The van der Waals surface area contributed by atoms with Gasteiger partial charge in [0.2, 0.25) is 0 Å². The van der Waals surface area contributed by atoms with Crippen molar-refractivity contribution in [2.24, 2.45) is 10.9 Å². The van der Waals surface area contributed by atoms with E-state index in [4.69, 9.17) is 10.6 Å². The molecule has 7 nitrogen and oxygen atoms in total. The van der Waals surface area contributed by atoms with E-state index in [0.717, 1.165) is 11.1 Å². The van der Waals surface area contributed by atoms with Crippen molar-refractivity contribution in [2.45, 2.75) is 0 Å². The van der Waals surface area contributed by atoms with Crippen molar-refractivity contribution < 1.29 is 18.7 Å². The van der Waals surface area contributed by atoms with Gasteiger partial charge in [0.15, 0.2) is 12.4 Å². The molecule has 0 spiro atoms. The number of rotatable bonds is 7. The fourth-order valence-electron chi connectivity index (χ4n) is 2.85. The highest BCUT2D eigenvalue weighted by atomic mass is 19.1. The number of esters is 1. The van der Waals surface area contributed by atoms with Crippen LogP contribution in [0.1, 0.15) is 5.56 Å². The molecule has 0 saturated heterocycles. The predicted molar refractivity (Wildman–Crippen MR) is 113 cm³/mol. The van der Waals surface area contributed by atoms with Crippen molar-refractivity contribution in [1.82, 2.24) is 5.53 Å². The molecule has 0 unspecified atom stereocenters. The van der Waals surface area contributed by atoms with E-state index in [0.29, 0.717) is 17.1 Å². The van der Waals surface area contributed by atoms with E-state index in [9.17, 15) is 9.18 Å². The minimum atomic E-state index is -0.492. The Hall–Kier alpha value is -3.91. The number of methoxy groups -OCH3 is 1. The van der Waals surface area contributed by atoms with Crippen LogP contribution in [0.25, 0.3) is 11.1 Å². The summed E-state index contributed by atoms with van der Waals surface area (Å²) in [6.07, 6.45) is 0. The smallest absolute Gasteiger partial charge is 0.343 e. The largest absolute Gasteiger partial charge is 0.481 e. The molecule has 0 amide bonds. The van der Waals surface area contributed by atoms with Gasteiger partial charge in [0, 0.05) is 11.1 Å². The minimum Gasteiger partial charge on any atom is -0.481 e. The van der Waals surface area contributed by atoms with Gasteiger partial charge < -0.3 is 14.8 Å². The van der Waals surface area contributed by atoms with Gasteiger partial charge in [-0.3, -0.25) is 0 Å². The first kappa shape index (κ1) is 20.8. The summed E-state index contributed by atoms with van der Waals surface area (Å²) < 4.78 is 24.4. The average molecular weight is 408 g/mol. The number of halogens is 1. The first-order valence-electron chi connectivity index (χ1n) is 9.07. The van der Waals surface area contributed by atoms with Crippen molar-refractivity contribution in [1.29, 1.82) is 0 Å². The zero-order chi connectivity index (χ0) is 21.3. The lowest BCUT2D eigenvalue weighted by Gasteiger charge is -2.17. The zero-order valence-corrected chi connectivity index (χ0v) is 16.3. The fourth-order valence-corrected chi connectivity index (χ4v) is 2.85. The topological polar surface area (TPSA) is 98.0 Å². The number of benzene rings is 3. The van der Waals surface area contributed by atoms with E-state index in [1.165, 1.54) is 13.2 Å². The number of nitrogens with one attached hydrogen (secondary N) is 2. The Morgan fingerprint density at radius 2 is 1.67 bits per heavy atom. The van der Waals surface area contributed by atoms with E-state index < -0.39 is 11.8 Å². The van der Waals surface area contributed by atoms with Gasteiger partial charge in [-0.1, -0.05) is 54.6 Å². The van der Waals surface area contributed by atoms with Crippen LogP contribution in [0.2, 0.25) is 0 Å². The summed E-state index contributed by atoms with van der Waals surface area (Å²) in [6.45, 7) is -0.228. The maximum atomic E-state index is 14.2. The Balaban J connectivity index is 2.02. The number of hydrazone groups is 1. The SMILES string of the molecule is COC(=O)COc1ccccc1-c1ccccc1/C(=N/NN)Nc1ccccc1F. The molecule has 0 fully saturated rings. The maximum Gasteiger partial charge on any atom is 0.343 e. The Labute approximate surface area is 173 Å². The zero-order valence-electron chi connectivity index (χ0n) is 16.3. The number of carbonyl (C=O) groups is 1. The molecule has 0 saturated carbocycles. The van der Waals surface area contributed by atoms with Gasteiger partial charge in [0.1, 0.15) is 11.6 Å². The molecule has 30 heavy (non-hydrogen) atoms. The fraction of sp³-hybridized carbons (Fsp3) is 0.0909. The molecule has 0 aliphatic rings. The molecule has 0 aromatic heterocycles. The normalized spacial score (nSPS) is 11.0. The van der Waals surface area contributed by atoms with Gasteiger partial charge >= 0.3 is 5.97 Å². The van der Waals surface area contributed by atoms with E-state index in [1.807, 2.05) is 36.4 Å². The molecule has 0 aliphatic heterocycles. The highest BCUT2D eigenvalue weighted by Crippen LogP contribution is 2.33. The lowest BCUT2D eigenvalue weighted by molar-refractivity contribution is -0.142. The Kier molecular flexibility index (Phi) is 6.96. The first-order valence-corrected chi connectivity index (χ1v) is 9.07. The summed E-state index contributed by atoms with van der Waals surface area (Å²) in [4.78, 5) is 11.5. The highest BCUT2D eigenvalue weighted by molar-refractivity contribution is 6.12. The number of nitrogens with zero attached hydrogens (tertiary/aromatic N) is 1. The molecule has 0 radical (unpaired) electrons. The third-order valence-electron chi connectivity index (χ3n) is 4.24. The maximum absolute atomic E-state index is 14.2. The van der Waals surface area contributed by atoms with Gasteiger partial charge in [0.25, 0.3) is 0 Å². The summed E-state index contributed by atoms with van der Waals surface area (Å²) in [5, 5.41) is 7.06. The van der Waals surface area contributed by atoms with Crippen LogP contribution in [0.4, 0.5) is 10.1 Å². The molecule has 0 heterocycles. The number of anilines is 1. The lowest BCUT2D eigenvalue weighted by atomic mass is 9.98. The van der Waals surface area contributed by atoms with Crippen LogP contribution >= 0.6 is 0 Å². The van der Waals surface area contributed by atoms with Crippen LogP contribution in [-0.2, 0) is 9.53 Å². The second-order valence-corrected chi connectivity index (χ2v) is 6.10. The molecule has 0 bridgehead atoms. The first-order chi connectivity index (χ1) is 14.6. The average Bonchev–Trinajstić information content (AvgIpc) is 2.78. The van der Waals surface area contributed by atoms with Crippen molar-refractivity contribution in [3.63, 3.8) is 0 Å². The minimum absolute atomic E-state index is 0.228. The summed E-state index contributed by atoms with van der Waals surface area (Å²) in [6, 6.07) is 20.8. The molecule has 0 atom stereocenters. The van der Waals surface area contributed by atoms with Crippen LogP contribution < -0.4 is 21.4 Å². The summed E-state index contributed by atoms with van der Waals surface area (Å²) in [5.74, 6) is 5.30. The molecular formula is C22H21FN4O3. The number of ether oxygens (including phenoxy) is 2. The number of carbonyl (C=O) groups excluding carboxylic acids is 1. The number of hydrogen-bond acceptors (Lipinski definition) is 6. The van der Waals surface area contributed by atoms with Gasteiger partial charge in [0.05, 0.1) is 12.8 Å². The summed E-state index contributed by atoms with van der Waals surface area (Å²) in [5.41, 5.74) is 4.62. The second-order valence-electron chi connectivity index (χ2n) is 6.10. The summed E-state index contributed by atoms with van der Waals surface area (Å²) in [7, 11) is 1.30. The molecule has 0 aliphatic carbocycles. The highest BCUT2D eigenvalue weighted by Gasteiger charge is 2.16. The number of para-hydroxylation sites is 2. The van der Waals surface area contributed by atoms with Gasteiger partial charge in [-0.05, 0) is 23.8 Å². The van der Waals surface area contributed by atoms with Gasteiger partial charge in [-0.2, -0.15) is 0 Å². The monoisotopic (exact) mass is 408 g/mol. The van der Waals surface area contributed by atoms with Crippen LogP contribution in [0.3, 0.4) is 0 Å². The molecule has 154 valence electrons. The predicted octanol–water partition coefficient (Wildman–Crippen LogP) is 3.28. The van der Waals surface area contributed by atoms with Gasteiger partial charge in [-0.15, -0.1) is 5.10 Å². The Bertz CT molecular complexity index is 1060. The van der Waals surface area contributed by atoms with Crippen molar-refractivity contribution in [2.75, 3.05) is 19.0 Å². The number of hydrazine groups is 1. The molecule has 4 N–H and O–H groups in total. The molecule has 3 aromatic rings. The van der Waals surface area contributed by atoms with Crippen molar-refractivity contribution in [3.8, 4) is 16.9 Å². The van der Waals surface area contributed by atoms with Crippen LogP contribution in [0, 0.1) is 5.82 Å². The third-order valence-corrected chi connectivity index (χ3v) is 4.24. The van der Waals surface area contributed by atoms with E-state index in [-0.39, 0.29) is 12.3 Å². The third kappa shape index (κ3) is 4.92. The van der Waals surface area contributed by atoms with E-state index in [1.54, 1.807) is 30.3 Å². The lowest BCUT2D eigenvalue weighted by Crippen LogP contribution is -2.23. The molecule has 3 rings (SSSR count). The standard InChI is InChI=1S/C22H21FN4O3/c1-29-21(28)14-30-20-13-7-4-9-16(20)15-8-2-3-10-17(15)22(26-27-24)25-19-12-6-5-11-18(19)23/h2-13,27H,14,24H2,1H3,(H,25,26). The Morgan fingerprint density at radius 1 is 1.00 bits per heavy atom. The van der Waals surface area contributed by atoms with E-state index in [2.05, 4.69) is 20.7 Å². The quantitative estimate of drug-likeness (QED) is 0.182.